The van der Waals surface area contributed by atoms with E-state index >= 15 is 0 Å². The first-order valence-electron chi connectivity index (χ1n) is 8.69. The van der Waals surface area contributed by atoms with E-state index in [1.165, 1.54) is 6.42 Å². The van der Waals surface area contributed by atoms with Crippen LogP contribution in [0, 0.1) is 11.8 Å². The Bertz CT molecular complexity index is 378. The molecule has 2 fully saturated rings. The Balaban J connectivity index is 1.73. The number of hydrogen-bond acceptors (Lipinski definition) is 4. The first-order chi connectivity index (χ1) is 10.6. The predicted octanol–water partition coefficient (Wildman–Crippen LogP) is 1.61. The summed E-state index contributed by atoms with van der Waals surface area (Å²) in [4.78, 5) is 26.1. The Kier molecular flexibility index (Phi) is 6.83. The number of carbonyl (C=O) groups excluding carboxylic acids is 2. The molecule has 5 heteroatoms. The zero-order valence-electron chi connectivity index (χ0n) is 14.0. The molecule has 0 spiro atoms. The lowest BCUT2D eigenvalue weighted by Gasteiger charge is -2.40. The molecule has 2 saturated heterocycles. The molecule has 2 aliphatic heterocycles. The van der Waals surface area contributed by atoms with Crippen molar-refractivity contribution in [2.75, 3.05) is 32.8 Å². The number of hydrogen-bond donors (Lipinski definition) is 1. The highest BCUT2D eigenvalue weighted by Crippen LogP contribution is 2.22. The fraction of sp³-hybridized carbons (Fsp3) is 0.882. The number of piperidine rings is 1. The number of likely N-dealkylation sites (tertiary alicyclic amines) is 1. The Labute approximate surface area is 133 Å². The second-order valence-electron chi connectivity index (χ2n) is 7.08. The summed E-state index contributed by atoms with van der Waals surface area (Å²) in [5.74, 6) is 0.00771. The fourth-order valence-corrected chi connectivity index (χ4v) is 3.44. The van der Waals surface area contributed by atoms with Gasteiger partial charge in [-0.25, -0.2) is 0 Å². The summed E-state index contributed by atoms with van der Waals surface area (Å²) in [7, 11) is 0. The molecule has 0 unspecified atom stereocenters. The Morgan fingerprint density at radius 3 is 2.64 bits per heavy atom. The van der Waals surface area contributed by atoms with Crippen molar-refractivity contribution in [3.05, 3.63) is 0 Å². The maximum Gasteiger partial charge on any atom is 0.287 e. The minimum absolute atomic E-state index is 0.233. The van der Waals surface area contributed by atoms with Gasteiger partial charge in [-0.3, -0.25) is 14.5 Å². The number of nitrogens with zero attached hydrogens (tertiary/aromatic N) is 1. The van der Waals surface area contributed by atoms with Crippen LogP contribution in [0.4, 0.5) is 0 Å². The van der Waals surface area contributed by atoms with E-state index in [9.17, 15) is 9.59 Å². The molecule has 22 heavy (non-hydrogen) atoms. The minimum atomic E-state index is -0.406. The lowest BCUT2D eigenvalue weighted by atomic mass is 9.94. The average Bonchev–Trinajstić information content (AvgIpc) is 2.53. The van der Waals surface area contributed by atoms with E-state index in [1.807, 2.05) is 13.8 Å². The van der Waals surface area contributed by atoms with Crippen molar-refractivity contribution < 1.29 is 14.3 Å². The number of ether oxygens (including phenoxy) is 1. The first-order valence-corrected chi connectivity index (χ1v) is 8.69. The van der Waals surface area contributed by atoms with Crippen LogP contribution in [0.3, 0.4) is 0 Å². The third-order valence-corrected chi connectivity index (χ3v) is 4.66. The molecule has 2 heterocycles. The molecule has 1 N–H and O–H groups in total. The van der Waals surface area contributed by atoms with Gasteiger partial charge in [0.1, 0.15) is 0 Å². The van der Waals surface area contributed by atoms with E-state index in [0.29, 0.717) is 24.9 Å². The van der Waals surface area contributed by atoms with E-state index in [1.54, 1.807) is 0 Å². The molecule has 0 aromatic heterocycles. The van der Waals surface area contributed by atoms with Crippen LogP contribution < -0.4 is 5.32 Å². The van der Waals surface area contributed by atoms with Crippen molar-refractivity contribution in [1.29, 1.82) is 0 Å². The monoisotopic (exact) mass is 310 g/mol. The van der Waals surface area contributed by atoms with Gasteiger partial charge in [-0.05, 0) is 44.1 Å². The number of amides is 1. The predicted molar refractivity (Wildman–Crippen MR) is 85.6 cm³/mol. The van der Waals surface area contributed by atoms with Crippen LogP contribution in [-0.4, -0.2) is 55.5 Å². The van der Waals surface area contributed by atoms with Gasteiger partial charge in [0.25, 0.3) is 5.91 Å². The second-order valence-corrected chi connectivity index (χ2v) is 7.08. The molecule has 126 valence electrons. The standard InChI is InChI=1S/C17H30N2O3/c1-13(2)10-16(20)17(21)18-11-14-4-3-7-19(12-14)15-5-8-22-9-6-15/h13-15H,3-12H2,1-2H3,(H,18,21)/t14-/m0/s1. The lowest BCUT2D eigenvalue weighted by molar-refractivity contribution is -0.138. The number of rotatable bonds is 6. The van der Waals surface area contributed by atoms with Gasteiger partial charge in [-0.15, -0.1) is 0 Å². The zero-order chi connectivity index (χ0) is 15.9. The molecular weight excluding hydrogens is 280 g/mol. The topological polar surface area (TPSA) is 58.6 Å². The highest BCUT2D eigenvalue weighted by atomic mass is 16.5. The van der Waals surface area contributed by atoms with Gasteiger partial charge in [0, 0.05) is 38.8 Å². The number of nitrogens with one attached hydrogen (secondary N) is 1. The van der Waals surface area contributed by atoms with E-state index < -0.39 is 5.91 Å². The molecule has 2 rings (SSSR count). The van der Waals surface area contributed by atoms with Crippen LogP contribution in [0.25, 0.3) is 0 Å². The molecular formula is C17H30N2O3. The van der Waals surface area contributed by atoms with Gasteiger partial charge in [0.15, 0.2) is 0 Å². The molecule has 0 aromatic carbocycles. The SMILES string of the molecule is CC(C)CC(=O)C(=O)NC[C@@H]1CCCN(C2CCOCC2)C1. The maximum absolute atomic E-state index is 11.8. The van der Waals surface area contributed by atoms with E-state index in [0.717, 1.165) is 45.6 Å². The summed E-state index contributed by atoms with van der Waals surface area (Å²) in [5.41, 5.74) is 0. The van der Waals surface area contributed by atoms with Gasteiger partial charge in [-0.2, -0.15) is 0 Å². The van der Waals surface area contributed by atoms with Crippen LogP contribution in [0.2, 0.25) is 0 Å². The molecule has 0 aliphatic carbocycles. The van der Waals surface area contributed by atoms with E-state index in [2.05, 4.69) is 10.2 Å². The van der Waals surface area contributed by atoms with Crippen LogP contribution >= 0.6 is 0 Å². The van der Waals surface area contributed by atoms with Crippen molar-refractivity contribution in [2.45, 2.75) is 52.0 Å². The van der Waals surface area contributed by atoms with Crippen LogP contribution in [-0.2, 0) is 14.3 Å². The molecule has 5 nitrogen and oxygen atoms in total. The Morgan fingerprint density at radius 1 is 1.23 bits per heavy atom. The summed E-state index contributed by atoms with van der Waals surface area (Å²) in [6.07, 6.45) is 4.89. The van der Waals surface area contributed by atoms with Gasteiger partial charge < -0.3 is 10.1 Å². The molecule has 1 amide bonds. The molecule has 2 aliphatic rings. The molecule has 0 saturated carbocycles. The van der Waals surface area contributed by atoms with Gasteiger partial charge >= 0.3 is 0 Å². The number of Topliss-reactive ketones (excluding diaryl/α,β-unsaturated/α-hetero) is 1. The summed E-state index contributed by atoms with van der Waals surface area (Å²) >= 11 is 0. The second kappa shape index (κ2) is 8.63. The lowest BCUT2D eigenvalue weighted by Crippen LogP contribution is -2.48. The first kappa shape index (κ1) is 17.4. The number of carbonyl (C=O) groups is 2. The van der Waals surface area contributed by atoms with E-state index in [-0.39, 0.29) is 11.7 Å². The normalized spacial score (nSPS) is 24.4. The molecule has 1 atom stereocenters. The highest BCUT2D eigenvalue weighted by Gasteiger charge is 2.27. The van der Waals surface area contributed by atoms with Crippen molar-refractivity contribution in [3.8, 4) is 0 Å². The summed E-state index contributed by atoms with van der Waals surface area (Å²) in [6.45, 7) is 8.46. The van der Waals surface area contributed by atoms with Crippen molar-refractivity contribution in [1.82, 2.24) is 10.2 Å². The van der Waals surface area contributed by atoms with E-state index in [4.69, 9.17) is 4.74 Å². The summed E-state index contributed by atoms with van der Waals surface area (Å²) in [5, 5.41) is 2.84. The molecule has 0 bridgehead atoms. The highest BCUT2D eigenvalue weighted by molar-refractivity contribution is 6.36. The molecule has 0 radical (unpaired) electrons. The van der Waals surface area contributed by atoms with Gasteiger partial charge in [-0.1, -0.05) is 13.8 Å². The van der Waals surface area contributed by atoms with Crippen LogP contribution in [0.5, 0.6) is 0 Å². The summed E-state index contributed by atoms with van der Waals surface area (Å²) < 4.78 is 5.43. The minimum Gasteiger partial charge on any atom is -0.381 e. The average molecular weight is 310 g/mol. The Morgan fingerprint density at radius 2 is 1.95 bits per heavy atom. The quantitative estimate of drug-likeness (QED) is 0.757. The van der Waals surface area contributed by atoms with Crippen molar-refractivity contribution in [2.24, 2.45) is 11.8 Å². The maximum atomic E-state index is 11.8. The van der Waals surface area contributed by atoms with Gasteiger partial charge in [0.2, 0.25) is 5.78 Å². The van der Waals surface area contributed by atoms with Gasteiger partial charge in [0.05, 0.1) is 0 Å². The van der Waals surface area contributed by atoms with Crippen molar-refractivity contribution >= 4 is 11.7 Å². The van der Waals surface area contributed by atoms with Crippen molar-refractivity contribution in [3.63, 3.8) is 0 Å². The third kappa shape index (κ3) is 5.36. The Hall–Kier alpha value is -0.940. The number of ketones is 1. The van der Waals surface area contributed by atoms with Crippen LogP contribution in [0.15, 0.2) is 0 Å². The zero-order valence-corrected chi connectivity index (χ0v) is 14.0. The fourth-order valence-electron chi connectivity index (χ4n) is 3.44. The van der Waals surface area contributed by atoms with Crippen LogP contribution in [0.1, 0.15) is 46.0 Å². The largest absolute Gasteiger partial charge is 0.381 e. The molecule has 0 aromatic rings. The smallest absolute Gasteiger partial charge is 0.287 e. The summed E-state index contributed by atoms with van der Waals surface area (Å²) in [6, 6.07) is 0.634. The third-order valence-electron chi connectivity index (χ3n) is 4.66.